The smallest absolute Gasteiger partial charge is 0.361 e. The molecule has 0 aromatic rings. The molecule has 0 aliphatic rings. The van der Waals surface area contributed by atoms with Crippen LogP contribution in [0.5, 0.6) is 0 Å². The highest BCUT2D eigenvalue weighted by Crippen LogP contribution is 2.19. The van der Waals surface area contributed by atoms with Gasteiger partial charge in [0.25, 0.3) is 6.29 Å². The molecule has 0 aromatic carbocycles. The number of quaternary nitrogens is 1. The number of carbonyl (C=O) groups excluding carboxylic acids is 2. The Balaban J connectivity index is 4.01. The number of esters is 2. The largest absolute Gasteiger partial charge is 0.477 e. The van der Waals surface area contributed by atoms with Crippen molar-refractivity contribution in [3.05, 3.63) is 85.1 Å². The molecule has 528 valence electrons. The number of aliphatic carboxylic acids is 1. The fourth-order valence-corrected chi connectivity index (χ4v) is 11.3. The second kappa shape index (κ2) is 72.3. The minimum Gasteiger partial charge on any atom is -0.477 e. The molecule has 0 amide bonds. The summed E-state index contributed by atoms with van der Waals surface area (Å²) in [4.78, 5) is 37.7. The molecule has 0 aliphatic heterocycles. The van der Waals surface area contributed by atoms with Crippen LogP contribution in [0.3, 0.4) is 0 Å². The number of carboxylic acid groups (broad SMARTS) is 1. The third kappa shape index (κ3) is 73.7. The summed E-state index contributed by atoms with van der Waals surface area (Å²) < 4.78 is 23.0. The highest BCUT2D eigenvalue weighted by Gasteiger charge is 2.25. The van der Waals surface area contributed by atoms with Crippen LogP contribution in [-0.2, 0) is 33.3 Å². The van der Waals surface area contributed by atoms with Crippen molar-refractivity contribution >= 4 is 17.9 Å². The predicted molar refractivity (Wildman–Crippen MR) is 392 cm³/mol. The van der Waals surface area contributed by atoms with E-state index in [9.17, 15) is 19.5 Å². The molecule has 9 heteroatoms. The zero-order valence-electron chi connectivity index (χ0n) is 60.5. The molecule has 0 saturated carbocycles. The molecule has 2 atom stereocenters. The summed E-state index contributed by atoms with van der Waals surface area (Å²) in [5.74, 6) is -1.98. The minimum absolute atomic E-state index is 0.179. The maximum Gasteiger partial charge on any atom is 0.361 e. The van der Waals surface area contributed by atoms with Gasteiger partial charge in [-0.25, -0.2) is 4.79 Å². The number of ether oxygens (including phenoxy) is 4. The van der Waals surface area contributed by atoms with Gasteiger partial charge < -0.3 is 28.5 Å². The molecule has 0 fully saturated rings. The molecule has 1 N–H and O–H groups in total. The summed E-state index contributed by atoms with van der Waals surface area (Å²) in [5, 5.41) is 9.77. The Kier molecular flexibility index (Phi) is 69.5. The van der Waals surface area contributed by atoms with Gasteiger partial charge in [-0.2, -0.15) is 0 Å². The van der Waals surface area contributed by atoms with E-state index in [2.05, 4.69) is 98.9 Å². The highest BCUT2D eigenvalue weighted by molar-refractivity contribution is 5.71. The number of nitrogens with zero attached hydrogens (tertiary/aromatic N) is 1. The quantitative estimate of drug-likeness (QED) is 0.0211. The predicted octanol–water partition coefficient (Wildman–Crippen LogP) is 24.6. The zero-order chi connectivity index (χ0) is 66.1. The minimum atomic E-state index is -1.51. The van der Waals surface area contributed by atoms with Crippen molar-refractivity contribution in [1.82, 2.24) is 0 Å². The third-order valence-corrected chi connectivity index (χ3v) is 17.1. The summed E-state index contributed by atoms with van der Waals surface area (Å²) >= 11 is 0. The first-order chi connectivity index (χ1) is 44.6. The van der Waals surface area contributed by atoms with Crippen LogP contribution >= 0.6 is 0 Å². The molecular weight excluding hydrogens is 1130 g/mol. The van der Waals surface area contributed by atoms with E-state index in [4.69, 9.17) is 18.9 Å². The van der Waals surface area contributed by atoms with Gasteiger partial charge in [0.05, 0.1) is 34.4 Å². The Morgan fingerprint density at radius 1 is 0.341 bits per heavy atom. The maximum absolute atomic E-state index is 13.0. The molecule has 0 aliphatic carbocycles. The molecule has 0 heterocycles. The fraction of sp³-hybridized carbons (Fsp3) is 0.793. The van der Waals surface area contributed by atoms with E-state index in [0.717, 1.165) is 77.0 Å². The van der Waals surface area contributed by atoms with Gasteiger partial charge >= 0.3 is 17.9 Å². The Hall–Kier alpha value is -3.53. The van der Waals surface area contributed by atoms with Crippen molar-refractivity contribution in [2.75, 3.05) is 47.5 Å². The molecule has 91 heavy (non-hydrogen) atoms. The lowest BCUT2D eigenvalue weighted by Gasteiger charge is -2.25. The van der Waals surface area contributed by atoms with Gasteiger partial charge in [-0.3, -0.25) is 9.59 Å². The molecule has 0 aromatic heterocycles. The summed E-state index contributed by atoms with van der Waals surface area (Å²) in [5.41, 5.74) is 0. The normalized spacial score (nSPS) is 13.1. The van der Waals surface area contributed by atoms with Crippen molar-refractivity contribution in [2.24, 2.45) is 0 Å². The zero-order valence-corrected chi connectivity index (χ0v) is 60.5. The number of hydrogen-bond acceptors (Lipinski definition) is 7. The fourth-order valence-electron chi connectivity index (χ4n) is 11.3. The first-order valence-electron chi connectivity index (χ1n) is 38.8. The molecule has 0 bridgehead atoms. The average Bonchev–Trinajstić information content (AvgIpc) is 3.46. The molecule has 9 nitrogen and oxygen atoms in total. The first kappa shape index (κ1) is 87.5. The lowest BCUT2D eigenvalue weighted by molar-refractivity contribution is -0.870. The molecule has 0 radical (unpaired) electrons. The Morgan fingerprint density at radius 2 is 0.626 bits per heavy atom. The molecule has 0 rings (SSSR count). The summed E-state index contributed by atoms with van der Waals surface area (Å²) in [6, 6.07) is 0. The van der Waals surface area contributed by atoms with E-state index in [0.29, 0.717) is 17.4 Å². The SMILES string of the molecule is CC/C=C\C/C=C\C/C=C\C/C=C\C/C=C\C/C=C\CCCCCCCCCCCCCCCCCCCCCCC(=O)OC(COC(=O)CCCCCCCCCCCCCCCCC/C=C\CCCCCCCCCC)COC(OCC[N+](C)(C)C)C(=O)O. The Bertz CT molecular complexity index is 1770. The van der Waals surface area contributed by atoms with E-state index in [-0.39, 0.29) is 38.2 Å². The van der Waals surface area contributed by atoms with Crippen LogP contribution in [0.25, 0.3) is 0 Å². The average molecular weight is 1280 g/mol. The van der Waals surface area contributed by atoms with Gasteiger partial charge in [0.15, 0.2) is 6.10 Å². The van der Waals surface area contributed by atoms with Crippen LogP contribution in [0.15, 0.2) is 85.1 Å². The number of allylic oxidation sites excluding steroid dienone is 14. The number of carbonyl (C=O) groups is 3. The monoisotopic (exact) mass is 1280 g/mol. The second-order valence-corrected chi connectivity index (χ2v) is 27.3. The van der Waals surface area contributed by atoms with Crippen molar-refractivity contribution < 1.29 is 42.9 Å². The summed E-state index contributed by atoms with van der Waals surface area (Å²) in [6.07, 6.45) is 95.8. The van der Waals surface area contributed by atoms with Crippen LogP contribution in [-0.4, -0.2) is 87.4 Å². The number of rotatable bonds is 72. The van der Waals surface area contributed by atoms with Crippen LogP contribution in [0.2, 0.25) is 0 Å². The highest BCUT2D eigenvalue weighted by atomic mass is 16.7. The van der Waals surface area contributed by atoms with Crippen molar-refractivity contribution in [1.29, 1.82) is 0 Å². The van der Waals surface area contributed by atoms with Gasteiger partial charge in [-0.05, 0) is 89.9 Å². The number of unbranched alkanes of at least 4 members (excludes halogenated alkanes) is 43. The second-order valence-electron chi connectivity index (χ2n) is 27.3. The number of likely N-dealkylation sites (N-methyl/N-ethyl adjacent to an activating group) is 1. The van der Waals surface area contributed by atoms with Crippen LogP contribution < -0.4 is 0 Å². The lowest BCUT2D eigenvalue weighted by atomic mass is 10.0. The molecular formula is C82H148NO8+. The van der Waals surface area contributed by atoms with Crippen molar-refractivity contribution in [3.8, 4) is 0 Å². The standard InChI is InChI=1S/C82H147NO8/c1-6-8-10-12-14-16-18-20-22-24-26-28-30-32-34-35-36-37-38-39-40-41-42-43-44-45-47-49-51-53-55-57-59-61-63-65-67-69-71-73-80(85)91-78(77-90-82(81(86)87)88-75-74-83(3,4)5)76-89-79(84)72-70-68-66-64-62-60-58-56-54-52-50-48-46-33-31-29-27-25-23-21-19-17-15-13-11-9-7-2/h8,10,14,16,20,22,25-28,32,34,36-37,78,82H,6-7,9,11-13,15,17-19,21,23-24,29-31,33,35,38-77H2,1-5H3/p+1/b10-8-,16-14-,22-20-,27-25-,28-26-,34-32-,37-36-. The van der Waals surface area contributed by atoms with Crippen LogP contribution in [0, 0.1) is 0 Å². The maximum atomic E-state index is 13.0. The molecule has 0 saturated heterocycles. The Morgan fingerprint density at radius 3 is 0.945 bits per heavy atom. The van der Waals surface area contributed by atoms with E-state index < -0.39 is 18.4 Å². The van der Waals surface area contributed by atoms with E-state index in [1.165, 1.54) is 257 Å². The lowest BCUT2D eigenvalue weighted by Crippen LogP contribution is -2.40. The number of hydrogen-bond donors (Lipinski definition) is 1. The van der Waals surface area contributed by atoms with Gasteiger partial charge in [-0.15, -0.1) is 0 Å². The van der Waals surface area contributed by atoms with Gasteiger partial charge in [0.1, 0.15) is 13.2 Å². The van der Waals surface area contributed by atoms with Gasteiger partial charge in [0, 0.05) is 12.8 Å². The van der Waals surface area contributed by atoms with E-state index in [1.807, 2.05) is 21.1 Å². The third-order valence-electron chi connectivity index (χ3n) is 17.1. The van der Waals surface area contributed by atoms with Crippen LogP contribution in [0.1, 0.15) is 361 Å². The van der Waals surface area contributed by atoms with Gasteiger partial charge in [0.2, 0.25) is 0 Å². The molecule has 2 unspecified atom stereocenters. The van der Waals surface area contributed by atoms with E-state index in [1.54, 1.807) is 0 Å². The summed E-state index contributed by atoms with van der Waals surface area (Å²) in [6.45, 7) is 4.82. The van der Waals surface area contributed by atoms with E-state index >= 15 is 0 Å². The molecule has 0 spiro atoms. The first-order valence-corrected chi connectivity index (χ1v) is 38.8. The van der Waals surface area contributed by atoms with Gasteiger partial charge in [-0.1, -0.05) is 343 Å². The van der Waals surface area contributed by atoms with Crippen molar-refractivity contribution in [3.63, 3.8) is 0 Å². The summed E-state index contributed by atoms with van der Waals surface area (Å²) in [7, 11) is 5.99. The topological polar surface area (TPSA) is 108 Å². The Labute approximate surface area is 563 Å². The van der Waals surface area contributed by atoms with Crippen molar-refractivity contribution in [2.45, 2.75) is 373 Å². The number of carboxylic acids is 1. The van der Waals surface area contributed by atoms with Crippen LogP contribution in [0.4, 0.5) is 0 Å².